The molecule has 0 radical (unpaired) electrons. The van der Waals surface area contributed by atoms with Crippen LogP contribution in [-0.4, -0.2) is 15.7 Å². The van der Waals surface area contributed by atoms with Gasteiger partial charge in [-0.1, -0.05) is 13.8 Å². The second kappa shape index (κ2) is 2.69. The molecule has 2 nitrogen and oxygen atoms in total. The summed E-state index contributed by atoms with van der Waals surface area (Å²) in [6, 6.07) is 0. The van der Waals surface area contributed by atoms with Gasteiger partial charge < -0.3 is 0 Å². The van der Waals surface area contributed by atoms with Gasteiger partial charge in [-0.15, -0.1) is 0 Å². The second-order valence-corrected chi connectivity index (χ2v) is 5.40. The Morgan fingerprint density at radius 1 is 1.33 bits per heavy atom. The summed E-state index contributed by atoms with van der Waals surface area (Å²) in [5.41, 5.74) is 0. The molecule has 0 aromatic carbocycles. The van der Waals surface area contributed by atoms with Crippen LogP contribution in [0.2, 0.25) is 0 Å². The highest BCUT2D eigenvalue weighted by Crippen LogP contribution is 2.09. The Labute approximate surface area is 57.6 Å². The summed E-state index contributed by atoms with van der Waals surface area (Å²) in [6.07, 6.45) is 1.50. The first-order chi connectivity index (χ1) is 3.85. The number of nitrogens with one attached hydrogen (secondary N) is 1. The Kier molecular flexibility index (Phi) is 2.67. The SMILES string of the molecule is CC(C)[C@@H](C)[S@](C)(=N)=O. The minimum atomic E-state index is -2.30. The van der Waals surface area contributed by atoms with Crippen LogP contribution in [0, 0.1) is 10.7 Å². The zero-order valence-corrected chi connectivity index (χ0v) is 7.29. The first kappa shape index (κ1) is 8.95. The largest absolute Gasteiger partial charge is 0.253 e. The van der Waals surface area contributed by atoms with Crippen molar-refractivity contribution in [2.45, 2.75) is 26.0 Å². The predicted molar refractivity (Wildman–Crippen MR) is 41.1 cm³/mol. The van der Waals surface area contributed by atoms with Gasteiger partial charge in [0.05, 0.1) is 0 Å². The molecule has 0 saturated heterocycles. The molecule has 3 heteroatoms. The van der Waals surface area contributed by atoms with Gasteiger partial charge in [-0.2, -0.15) is 0 Å². The van der Waals surface area contributed by atoms with Gasteiger partial charge in [-0.25, -0.2) is 4.21 Å². The van der Waals surface area contributed by atoms with Crippen molar-refractivity contribution in [3.63, 3.8) is 0 Å². The van der Waals surface area contributed by atoms with Crippen LogP contribution < -0.4 is 0 Å². The topological polar surface area (TPSA) is 40.9 Å². The number of rotatable bonds is 2. The molecule has 0 heterocycles. The summed E-state index contributed by atoms with van der Waals surface area (Å²) >= 11 is 0. The number of hydrogen-bond acceptors (Lipinski definition) is 2. The molecular formula is C6H15NOS. The third kappa shape index (κ3) is 2.84. The molecule has 0 saturated carbocycles. The quantitative estimate of drug-likeness (QED) is 0.638. The van der Waals surface area contributed by atoms with Crippen molar-refractivity contribution in [1.82, 2.24) is 0 Å². The minimum Gasteiger partial charge on any atom is -0.253 e. The van der Waals surface area contributed by atoms with E-state index in [4.69, 9.17) is 4.78 Å². The first-order valence-corrected chi connectivity index (χ1v) is 5.11. The molecule has 0 aliphatic rings. The standard InChI is InChI=1S/C6H15NOS/c1-5(2)6(3)9(4,7)8/h5-7H,1-4H3/t6-,9-/m1/s1. The lowest BCUT2D eigenvalue weighted by Crippen LogP contribution is -2.20. The zero-order chi connectivity index (χ0) is 7.65. The van der Waals surface area contributed by atoms with E-state index in [2.05, 4.69) is 0 Å². The molecule has 0 spiro atoms. The van der Waals surface area contributed by atoms with Gasteiger partial charge in [0.1, 0.15) is 0 Å². The van der Waals surface area contributed by atoms with E-state index in [9.17, 15) is 4.21 Å². The van der Waals surface area contributed by atoms with Crippen LogP contribution in [0.3, 0.4) is 0 Å². The van der Waals surface area contributed by atoms with Crippen LogP contribution in [0.25, 0.3) is 0 Å². The molecule has 1 N–H and O–H groups in total. The predicted octanol–water partition coefficient (Wildman–Crippen LogP) is 1.71. The van der Waals surface area contributed by atoms with E-state index in [-0.39, 0.29) is 5.25 Å². The molecule has 0 unspecified atom stereocenters. The number of hydrogen-bond donors (Lipinski definition) is 1. The summed E-state index contributed by atoms with van der Waals surface area (Å²) < 4.78 is 18.2. The molecule has 0 aromatic rings. The summed E-state index contributed by atoms with van der Waals surface area (Å²) in [4.78, 5) is 0. The van der Waals surface area contributed by atoms with Gasteiger partial charge in [-0.05, 0) is 12.8 Å². The van der Waals surface area contributed by atoms with Crippen molar-refractivity contribution < 1.29 is 4.21 Å². The van der Waals surface area contributed by atoms with E-state index in [1.165, 1.54) is 6.26 Å². The van der Waals surface area contributed by atoms with Crippen molar-refractivity contribution in [3.05, 3.63) is 0 Å². The molecule has 0 aromatic heterocycles. The fourth-order valence-electron chi connectivity index (χ4n) is 0.519. The van der Waals surface area contributed by atoms with Crippen LogP contribution in [0.4, 0.5) is 0 Å². The van der Waals surface area contributed by atoms with Crippen molar-refractivity contribution in [2.24, 2.45) is 5.92 Å². The molecule has 9 heavy (non-hydrogen) atoms. The van der Waals surface area contributed by atoms with Gasteiger partial charge in [0, 0.05) is 21.2 Å². The highest BCUT2D eigenvalue weighted by atomic mass is 32.2. The summed E-state index contributed by atoms with van der Waals surface area (Å²) in [5.74, 6) is 0.347. The first-order valence-electron chi connectivity index (χ1n) is 3.08. The maximum absolute atomic E-state index is 11.0. The molecule has 56 valence electrons. The molecular weight excluding hydrogens is 134 g/mol. The maximum Gasteiger partial charge on any atom is 0.0441 e. The maximum atomic E-state index is 11.0. The van der Waals surface area contributed by atoms with Gasteiger partial charge >= 0.3 is 0 Å². The lowest BCUT2D eigenvalue weighted by molar-refractivity contribution is 0.601. The van der Waals surface area contributed by atoms with E-state index < -0.39 is 9.73 Å². The van der Waals surface area contributed by atoms with Gasteiger partial charge in [0.2, 0.25) is 0 Å². The van der Waals surface area contributed by atoms with Crippen LogP contribution in [0.15, 0.2) is 0 Å². The van der Waals surface area contributed by atoms with Crippen molar-refractivity contribution in [3.8, 4) is 0 Å². The van der Waals surface area contributed by atoms with E-state index >= 15 is 0 Å². The van der Waals surface area contributed by atoms with Gasteiger partial charge in [0.15, 0.2) is 0 Å². The fraction of sp³-hybridized carbons (Fsp3) is 1.00. The molecule has 0 fully saturated rings. The summed E-state index contributed by atoms with van der Waals surface area (Å²) in [5, 5.41) is 0.0116. The average Bonchev–Trinajstić information content (AvgIpc) is 1.62. The van der Waals surface area contributed by atoms with Gasteiger partial charge in [-0.3, -0.25) is 4.78 Å². The Bertz CT molecular complexity index is 169. The molecule has 0 aliphatic carbocycles. The average molecular weight is 149 g/mol. The lowest BCUT2D eigenvalue weighted by Gasteiger charge is -2.14. The van der Waals surface area contributed by atoms with Gasteiger partial charge in [0.25, 0.3) is 0 Å². The lowest BCUT2D eigenvalue weighted by atomic mass is 10.2. The molecule has 0 rings (SSSR count). The van der Waals surface area contributed by atoms with Crippen molar-refractivity contribution in [2.75, 3.05) is 6.26 Å². The zero-order valence-electron chi connectivity index (χ0n) is 6.47. The highest BCUT2D eigenvalue weighted by molar-refractivity contribution is 7.92. The Balaban J connectivity index is 4.24. The van der Waals surface area contributed by atoms with E-state index in [0.29, 0.717) is 5.92 Å². The Hall–Kier alpha value is -0.0500. The smallest absolute Gasteiger partial charge is 0.0441 e. The van der Waals surface area contributed by atoms with Crippen LogP contribution in [-0.2, 0) is 9.73 Å². The Morgan fingerprint density at radius 2 is 1.67 bits per heavy atom. The molecule has 0 amide bonds. The summed E-state index contributed by atoms with van der Waals surface area (Å²) in [7, 11) is -2.30. The van der Waals surface area contributed by atoms with E-state index in [1.807, 2.05) is 20.8 Å². The third-order valence-electron chi connectivity index (χ3n) is 1.65. The monoisotopic (exact) mass is 149 g/mol. The third-order valence-corrected chi connectivity index (χ3v) is 3.61. The van der Waals surface area contributed by atoms with E-state index in [1.54, 1.807) is 0 Å². The Morgan fingerprint density at radius 3 is 1.67 bits per heavy atom. The molecule has 2 atom stereocenters. The highest BCUT2D eigenvalue weighted by Gasteiger charge is 2.14. The minimum absolute atomic E-state index is 0.0116. The van der Waals surface area contributed by atoms with Crippen LogP contribution in [0.1, 0.15) is 20.8 Å². The molecule has 0 aliphatic heterocycles. The van der Waals surface area contributed by atoms with Crippen molar-refractivity contribution in [1.29, 1.82) is 4.78 Å². The van der Waals surface area contributed by atoms with Crippen molar-refractivity contribution >= 4 is 9.73 Å². The molecule has 0 bridgehead atoms. The second-order valence-electron chi connectivity index (χ2n) is 2.85. The van der Waals surface area contributed by atoms with E-state index in [0.717, 1.165) is 0 Å². The fourth-order valence-corrected chi connectivity index (χ4v) is 1.56. The normalized spacial score (nSPS) is 21.4. The summed E-state index contributed by atoms with van der Waals surface area (Å²) in [6.45, 7) is 5.84. The van der Waals surface area contributed by atoms with Crippen LogP contribution >= 0.6 is 0 Å². The van der Waals surface area contributed by atoms with Crippen LogP contribution in [0.5, 0.6) is 0 Å².